The highest BCUT2D eigenvalue weighted by atomic mass is 32.2. The summed E-state index contributed by atoms with van der Waals surface area (Å²) in [6, 6.07) is 9.18. The quantitative estimate of drug-likeness (QED) is 0.153. The first-order chi connectivity index (χ1) is 28.1. The Hall–Kier alpha value is -7.03. The predicted molar refractivity (Wildman–Crippen MR) is 216 cm³/mol. The number of ether oxygens (including phenoxy) is 2. The van der Waals surface area contributed by atoms with Crippen molar-refractivity contribution in [2.24, 2.45) is 5.73 Å². The van der Waals surface area contributed by atoms with Gasteiger partial charge in [-0.15, -0.1) is 0 Å². The highest BCUT2D eigenvalue weighted by Gasteiger charge is 2.25. The van der Waals surface area contributed by atoms with E-state index in [0.717, 1.165) is 6.26 Å². The summed E-state index contributed by atoms with van der Waals surface area (Å²) in [4.78, 5) is 62.3. The van der Waals surface area contributed by atoms with E-state index in [1.165, 1.54) is 24.3 Å². The number of aryl methyl sites for hydroxylation is 4. The van der Waals surface area contributed by atoms with E-state index in [0.29, 0.717) is 52.4 Å². The molecule has 0 unspecified atom stereocenters. The minimum absolute atomic E-state index is 0.0472. The number of allylic oxidation sites excluding steroid dienone is 2. The average Bonchev–Trinajstić information content (AvgIpc) is 3.94. The number of carbonyl (C=O) groups excluding carboxylic acids is 4. The zero-order valence-corrected chi connectivity index (χ0v) is 33.7. The first-order valence-corrected chi connectivity index (χ1v) is 20.6. The lowest BCUT2D eigenvalue weighted by Crippen LogP contribution is -2.29. The van der Waals surface area contributed by atoms with Gasteiger partial charge in [0.05, 0.1) is 41.9 Å². The third kappa shape index (κ3) is 8.35. The molecule has 2 aromatic carbocycles. The van der Waals surface area contributed by atoms with E-state index in [9.17, 15) is 27.6 Å². The topological polar surface area (TPSA) is 254 Å². The van der Waals surface area contributed by atoms with Gasteiger partial charge in [0.1, 0.15) is 33.9 Å². The van der Waals surface area contributed by atoms with Crippen molar-refractivity contribution in [2.75, 3.05) is 30.1 Å². The average molecular weight is 827 g/mol. The Morgan fingerprint density at radius 1 is 0.712 bits per heavy atom. The number of carbonyl (C=O) groups is 4. The number of benzene rings is 2. The summed E-state index contributed by atoms with van der Waals surface area (Å²) >= 11 is 0. The van der Waals surface area contributed by atoms with E-state index in [4.69, 9.17) is 20.2 Å². The first kappa shape index (κ1) is 40.2. The minimum Gasteiger partial charge on any atom is -0.491 e. The maximum absolute atomic E-state index is 13.7. The number of rotatable bonds is 9. The molecule has 4 aromatic heterocycles. The molecule has 0 saturated heterocycles. The van der Waals surface area contributed by atoms with Gasteiger partial charge in [-0.05, 0) is 64.1 Å². The number of sulfonamides is 1. The number of hydrogen-bond donors (Lipinski definition) is 4. The molecule has 5 heterocycles. The van der Waals surface area contributed by atoms with E-state index >= 15 is 0 Å². The molecule has 1 aliphatic rings. The van der Waals surface area contributed by atoms with Crippen molar-refractivity contribution in [1.82, 2.24) is 43.4 Å². The molecule has 0 spiro atoms. The standard InChI is InChI=1S/C38H42N12O8S/c1-6-49-27(15-21(3)44-49)35(53)42-37-40-25-17-23(33(39)51)19-29-31(25)47(37)11-8-9-12-48-32-26(41-38(48)43-36(54)28-16-22(4)45-50(28)7-2)18-24(34(52)46-59(5,55)56)20-30(32)58-14-10-13-57-29/h8-9,15-20H,6-7,10-14H2,1-5H3,(H2,39,51)(H,46,52)(H,40,42,53)(H,41,43,54)/b9-8+. The highest BCUT2D eigenvalue weighted by molar-refractivity contribution is 7.89. The molecule has 6 aromatic rings. The molecular formula is C38H42N12O8S. The molecule has 0 atom stereocenters. The summed E-state index contributed by atoms with van der Waals surface area (Å²) in [6.45, 7) is 8.59. The zero-order valence-electron chi connectivity index (χ0n) is 32.9. The summed E-state index contributed by atoms with van der Waals surface area (Å²) in [7, 11) is -3.92. The monoisotopic (exact) mass is 826 g/mol. The van der Waals surface area contributed by atoms with Crippen LogP contribution in [0.1, 0.15) is 73.3 Å². The lowest BCUT2D eigenvalue weighted by atomic mass is 10.1. The van der Waals surface area contributed by atoms with Gasteiger partial charge in [-0.25, -0.2) is 23.1 Å². The maximum Gasteiger partial charge on any atom is 0.276 e. The minimum atomic E-state index is -3.92. The second kappa shape index (κ2) is 16.1. The van der Waals surface area contributed by atoms with Gasteiger partial charge in [0.25, 0.3) is 17.7 Å². The fourth-order valence-electron chi connectivity index (χ4n) is 6.78. The number of anilines is 2. The smallest absolute Gasteiger partial charge is 0.276 e. The third-order valence-corrected chi connectivity index (χ3v) is 9.86. The maximum atomic E-state index is 13.7. The first-order valence-electron chi connectivity index (χ1n) is 18.7. The van der Waals surface area contributed by atoms with Crippen molar-refractivity contribution in [3.8, 4) is 11.5 Å². The van der Waals surface area contributed by atoms with Crippen LogP contribution in [0.15, 0.2) is 48.6 Å². The largest absolute Gasteiger partial charge is 0.491 e. The molecule has 7 rings (SSSR count). The van der Waals surface area contributed by atoms with E-state index < -0.39 is 33.7 Å². The van der Waals surface area contributed by atoms with E-state index in [1.807, 2.05) is 24.6 Å². The van der Waals surface area contributed by atoms with Crippen LogP contribution in [0.25, 0.3) is 22.1 Å². The summed E-state index contributed by atoms with van der Waals surface area (Å²) < 4.78 is 45.0. The van der Waals surface area contributed by atoms with Crippen LogP contribution in [0.2, 0.25) is 0 Å². The van der Waals surface area contributed by atoms with Crippen molar-refractivity contribution in [1.29, 1.82) is 0 Å². The Kier molecular flexibility index (Phi) is 10.9. The number of imidazole rings is 2. The second-order valence-electron chi connectivity index (χ2n) is 13.7. The van der Waals surface area contributed by atoms with Crippen LogP contribution < -0.4 is 30.6 Å². The normalized spacial score (nSPS) is 13.8. The van der Waals surface area contributed by atoms with Crippen LogP contribution in [0.4, 0.5) is 11.9 Å². The Balaban J connectivity index is 1.33. The van der Waals surface area contributed by atoms with Gasteiger partial charge < -0.3 is 24.3 Å². The molecule has 20 nitrogen and oxygen atoms in total. The van der Waals surface area contributed by atoms with Gasteiger partial charge in [0.2, 0.25) is 27.8 Å². The second-order valence-corrected chi connectivity index (χ2v) is 15.5. The van der Waals surface area contributed by atoms with Crippen LogP contribution in [-0.4, -0.2) is 90.2 Å². The Morgan fingerprint density at radius 3 is 1.61 bits per heavy atom. The Bertz CT molecular complexity index is 2810. The van der Waals surface area contributed by atoms with Gasteiger partial charge in [-0.1, -0.05) is 12.2 Å². The molecule has 1 aliphatic heterocycles. The number of hydrogen-bond acceptors (Lipinski definition) is 12. The molecule has 0 saturated carbocycles. The fourth-order valence-corrected chi connectivity index (χ4v) is 7.23. The lowest BCUT2D eigenvalue weighted by Gasteiger charge is -2.14. The molecule has 21 heteroatoms. The van der Waals surface area contributed by atoms with Crippen LogP contribution in [0.5, 0.6) is 11.5 Å². The Labute approximate surface area is 337 Å². The van der Waals surface area contributed by atoms with Crippen LogP contribution in [0.3, 0.4) is 0 Å². The van der Waals surface area contributed by atoms with Gasteiger partial charge in [0.15, 0.2) is 0 Å². The lowest BCUT2D eigenvalue weighted by molar-refractivity contribution is 0.0976. The van der Waals surface area contributed by atoms with Gasteiger partial charge in [0, 0.05) is 43.7 Å². The molecule has 4 amide bonds. The summed E-state index contributed by atoms with van der Waals surface area (Å²) in [5.41, 5.74) is 9.21. The molecule has 0 bridgehead atoms. The predicted octanol–water partition coefficient (Wildman–Crippen LogP) is 3.15. The SMILES string of the molecule is CCn1nc(C)cc1C(=O)Nc1nc2cc(C(N)=O)cc3c2n1C/C=C/Cn1c(NC(=O)c2cc(C)nn2CC)nc2cc(C(=O)NS(C)(=O)=O)cc(c21)OCCCO3. The highest BCUT2D eigenvalue weighted by Crippen LogP contribution is 2.34. The van der Waals surface area contributed by atoms with Crippen LogP contribution >= 0.6 is 0 Å². The van der Waals surface area contributed by atoms with Crippen LogP contribution in [0, 0.1) is 13.8 Å². The number of aromatic nitrogens is 8. The van der Waals surface area contributed by atoms with Gasteiger partial charge in [-0.3, -0.25) is 39.2 Å². The fraction of sp³-hybridized carbons (Fsp3) is 0.316. The van der Waals surface area contributed by atoms with E-state index in [-0.39, 0.29) is 72.8 Å². The Morgan fingerprint density at radius 2 is 1.17 bits per heavy atom. The van der Waals surface area contributed by atoms with Crippen molar-refractivity contribution >= 4 is 67.6 Å². The number of nitrogens with two attached hydrogens (primary N) is 1. The summed E-state index contributed by atoms with van der Waals surface area (Å²) in [5.74, 6) is -1.79. The van der Waals surface area contributed by atoms with Gasteiger partial charge in [-0.2, -0.15) is 10.2 Å². The zero-order chi connectivity index (χ0) is 42.2. The molecular weight excluding hydrogens is 785 g/mol. The summed E-state index contributed by atoms with van der Waals surface area (Å²) in [5, 5.41) is 14.6. The number of amides is 4. The van der Waals surface area contributed by atoms with E-state index in [2.05, 4.69) is 25.8 Å². The molecule has 0 fully saturated rings. The summed E-state index contributed by atoms with van der Waals surface area (Å²) in [6.07, 6.45) is 4.77. The van der Waals surface area contributed by atoms with Crippen molar-refractivity contribution in [2.45, 2.75) is 60.3 Å². The van der Waals surface area contributed by atoms with Gasteiger partial charge >= 0.3 is 0 Å². The molecule has 308 valence electrons. The molecule has 0 aliphatic carbocycles. The number of nitrogens with zero attached hydrogens (tertiary/aromatic N) is 8. The molecule has 5 N–H and O–H groups in total. The molecule has 0 radical (unpaired) electrons. The van der Waals surface area contributed by atoms with Crippen molar-refractivity contribution in [3.63, 3.8) is 0 Å². The van der Waals surface area contributed by atoms with Crippen molar-refractivity contribution in [3.05, 3.63) is 82.5 Å². The van der Waals surface area contributed by atoms with Crippen LogP contribution in [-0.2, 0) is 36.2 Å². The third-order valence-electron chi connectivity index (χ3n) is 9.30. The molecule has 59 heavy (non-hydrogen) atoms. The van der Waals surface area contributed by atoms with E-state index in [1.54, 1.807) is 50.6 Å². The number of nitrogens with one attached hydrogen (secondary N) is 3. The number of primary amides is 1. The van der Waals surface area contributed by atoms with Crippen molar-refractivity contribution < 1.29 is 37.1 Å².